The van der Waals surface area contributed by atoms with Gasteiger partial charge >= 0.3 is 10.4 Å². The molecule has 2 heterocycles. The highest BCUT2D eigenvalue weighted by Crippen LogP contribution is 2.70. The second kappa shape index (κ2) is 15.7. The van der Waals surface area contributed by atoms with Gasteiger partial charge in [0.1, 0.15) is 36.6 Å². The molecule has 0 aromatic rings. The molecule has 17 heteroatoms. The summed E-state index contributed by atoms with van der Waals surface area (Å²) < 4.78 is 59.4. The van der Waals surface area contributed by atoms with Crippen molar-refractivity contribution in [2.45, 2.75) is 159 Å². The SMILES string of the molecule is CC(C)[C@H](/C=C/[C@@H](C)[C@H]1C[C@@H](O)[C@@H]2[C@]1(C)CCC1[C@@]3(C)CC[C@H](OC4OCC(O)C(O)C4O)C[C@@H]3[C@@H](O)C[C@]12O)OC1OCC(O)C(OS(=O)(=O)O)C1O. The van der Waals surface area contributed by atoms with Crippen molar-refractivity contribution in [2.75, 3.05) is 13.2 Å². The van der Waals surface area contributed by atoms with Gasteiger partial charge in [-0.3, -0.25) is 4.55 Å². The van der Waals surface area contributed by atoms with Gasteiger partial charge in [0.15, 0.2) is 12.6 Å². The fraction of sp³-hybridized carbons (Fsp3) is 0.946. The number of allylic oxidation sites excluding steroid dienone is 1. The van der Waals surface area contributed by atoms with Crippen molar-refractivity contribution in [1.82, 2.24) is 0 Å². The van der Waals surface area contributed by atoms with Crippen LogP contribution in [0.4, 0.5) is 0 Å². The second-order valence-corrected chi connectivity index (χ2v) is 19.0. The van der Waals surface area contributed by atoms with Gasteiger partial charge < -0.3 is 59.8 Å². The van der Waals surface area contributed by atoms with E-state index in [1.54, 1.807) is 0 Å². The number of hydrogen-bond donors (Lipinski definition) is 9. The van der Waals surface area contributed by atoms with Crippen LogP contribution in [0.25, 0.3) is 0 Å². The molecule has 6 fully saturated rings. The van der Waals surface area contributed by atoms with Crippen molar-refractivity contribution in [1.29, 1.82) is 0 Å². The largest absolute Gasteiger partial charge is 0.397 e. The number of aliphatic hydroxyl groups is 8. The summed E-state index contributed by atoms with van der Waals surface area (Å²) in [5, 5.41) is 87.6. The van der Waals surface area contributed by atoms with Gasteiger partial charge in [-0.2, -0.15) is 8.42 Å². The fourth-order valence-electron chi connectivity index (χ4n) is 11.7. The van der Waals surface area contributed by atoms with Crippen LogP contribution in [-0.2, 0) is 33.5 Å². The average Bonchev–Trinajstić information content (AvgIpc) is 3.36. The molecule has 2 aliphatic heterocycles. The molecule has 20 atom stereocenters. The molecule has 6 aliphatic rings. The molecule has 0 aromatic carbocycles. The van der Waals surface area contributed by atoms with Crippen molar-refractivity contribution >= 4 is 10.4 Å². The summed E-state index contributed by atoms with van der Waals surface area (Å²) in [5.41, 5.74) is -2.24. The first-order valence-corrected chi connectivity index (χ1v) is 20.8. The molecule has 4 saturated carbocycles. The minimum atomic E-state index is -4.97. The maximum atomic E-state index is 12.8. The lowest BCUT2D eigenvalue weighted by Crippen LogP contribution is -2.68. The van der Waals surface area contributed by atoms with Crippen LogP contribution in [0.15, 0.2) is 12.2 Å². The Morgan fingerprint density at radius 1 is 0.778 bits per heavy atom. The van der Waals surface area contributed by atoms with E-state index in [2.05, 4.69) is 18.0 Å². The van der Waals surface area contributed by atoms with Gasteiger partial charge in [-0.05, 0) is 78.9 Å². The van der Waals surface area contributed by atoms with Crippen molar-refractivity contribution in [3.8, 4) is 0 Å². The van der Waals surface area contributed by atoms with Gasteiger partial charge in [-0.1, -0.05) is 46.8 Å². The maximum Gasteiger partial charge on any atom is 0.397 e. The predicted octanol–water partition coefficient (Wildman–Crippen LogP) is 0.0256. The van der Waals surface area contributed by atoms with Gasteiger partial charge in [-0.25, -0.2) is 4.18 Å². The van der Waals surface area contributed by atoms with Crippen molar-refractivity contribution < 1.29 is 77.0 Å². The molecule has 312 valence electrons. The van der Waals surface area contributed by atoms with Crippen LogP contribution >= 0.6 is 0 Å². The number of rotatable bonds is 10. The molecule has 9 N–H and O–H groups in total. The Bertz CT molecular complexity index is 1450. The lowest BCUT2D eigenvalue weighted by Gasteiger charge is -2.66. The molecule has 0 bridgehead atoms. The molecule has 54 heavy (non-hydrogen) atoms. The van der Waals surface area contributed by atoms with Crippen LogP contribution in [0, 0.1) is 46.3 Å². The highest BCUT2D eigenvalue weighted by atomic mass is 32.3. The monoisotopic (exact) mass is 794 g/mol. The van der Waals surface area contributed by atoms with E-state index in [0.717, 1.165) is 6.42 Å². The summed E-state index contributed by atoms with van der Waals surface area (Å²) in [6.07, 6.45) is -6.50. The quantitative estimate of drug-likeness (QED) is 0.0803. The first-order chi connectivity index (χ1) is 25.1. The first kappa shape index (κ1) is 42.7. The molecule has 6 rings (SSSR count). The van der Waals surface area contributed by atoms with Crippen LogP contribution in [0.2, 0.25) is 0 Å². The number of ether oxygens (including phenoxy) is 4. The Labute approximate surface area is 317 Å². The second-order valence-electron chi connectivity index (χ2n) is 18.0. The fourth-order valence-corrected chi connectivity index (χ4v) is 12.2. The highest BCUT2D eigenvalue weighted by Gasteiger charge is 2.71. The van der Waals surface area contributed by atoms with Gasteiger partial charge in [0, 0.05) is 12.3 Å². The van der Waals surface area contributed by atoms with Crippen molar-refractivity contribution in [2.24, 2.45) is 46.3 Å². The lowest BCUT2D eigenvalue weighted by atomic mass is 9.42. The van der Waals surface area contributed by atoms with Crippen molar-refractivity contribution in [3.05, 3.63) is 12.2 Å². The first-order valence-electron chi connectivity index (χ1n) is 19.5. The van der Waals surface area contributed by atoms with Gasteiger partial charge in [0.2, 0.25) is 0 Å². The Morgan fingerprint density at radius 2 is 1.43 bits per heavy atom. The van der Waals surface area contributed by atoms with Crippen molar-refractivity contribution in [3.63, 3.8) is 0 Å². The molecule has 0 aromatic heterocycles. The van der Waals surface area contributed by atoms with Crippen LogP contribution in [0.1, 0.15) is 79.6 Å². The average molecular weight is 795 g/mol. The summed E-state index contributed by atoms with van der Waals surface area (Å²) in [7, 11) is -4.97. The summed E-state index contributed by atoms with van der Waals surface area (Å²) in [6.45, 7) is 9.54. The zero-order valence-corrected chi connectivity index (χ0v) is 32.5. The Balaban J connectivity index is 1.14. The summed E-state index contributed by atoms with van der Waals surface area (Å²) in [6, 6.07) is 0. The third-order valence-electron chi connectivity index (χ3n) is 14.3. The van der Waals surface area contributed by atoms with E-state index < -0.39 is 107 Å². The molecule has 0 amide bonds. The van der Waals surface area contributed by atoms with E-state index in [4.69, 9.17) is 23.5 Å². The normalized spacial score (nSPS) is 51.1. The van der Waals surface area contributed by atoms with Crippen LogP contribution in [0.5, 0.6) is 0 Å². The van der Waals surface area contributed by atoms with E-state index in [9.17, 15) is 49.3 Å². The Hall–Kier alpha value is -0.870. The Kier molecular flexibility index (Phi) is 12.4. The topological polar surface area (TPSA) is 262 Å². The van der Waals surface area contributed by atoms with E-state index in [-0.39, 0.29) is 48.7 Å². The number of aliphatic hydroxyl groups excluding tert-OH is 7. The van der Waals surface area contributed by atoms with E-state index in [1.165, 1.54) is 0 Å². The van der Waals surface area contributed by atoms with E-state index >= 15 is 0 Å². The number of fused-ring (bicyclic) bond motifs is 5. The van der Waals surface area contributed by atoms with Gasteiger partial charge in [-0.15, -0.1) is 0 Å². The zero-order valence-electron chi connectivity index (χ0n) is 31.7. The lowest BCUT2D eigenvalue weighted by molar-refractivity contribution is -0.300. The molecule has 9 unspecified atom stereocenters. The summed E-state index contributed by atoms with van der Waals surface area (Å²) >= 11 is 0. The molecular formula is C37H62O16S. The van der Waals surface area contributed by atoms with Gasteiger partial charge in [0.05, 0.1) is 43.2 Å². The predicted molar refractivity (Wildman–Crippen MR) is 188 cm³/mol. The van der Waals surface area contributed by atoms with Crippen LogP contribution < -0.4 is 0 Å². The molecule has 0 radical (unpaired) electrons. The maximum absolute atomic E-state index is 12.8. The Morgan fingerprint density at radius 3 is 2.09 bits per heavy atom. The standard InChI is InChI=1S/C37H62O16S/c1-17(2)26(52-34-30(44)31(25(41)16-50-34)53-54(46,47)48)7-6-18(3)20-13-22(38)32-36(20,5)11-9-27-35(4)10-8-19(12-21(35)23(39)14-37(27,32)45)51-33-29(43)28(42)24(40)15-49-33/h6-7,17-34,38-45H,8-16H2,1-5H3,(H,46,47,48)/b7-6+/t18-,19+,20-,21-,22-,23+,24?,25?,26+,27?,28?,29?,30?,31?,32-,33?,34?,35+,36-,37+/m1/s1. The van der Waals surface area contributed by atoms with Crippen LogP contribution in [-0.4, -0.2) is 146 Å². The molecule has 4 aliphatic carbocycles. The number of hydrogen-bond acceptors (Lipinski definition) is 15. The molecule has 0 spiro atoms. The third-order valence-corrected chi connectivity index (χ3v) is 14.8. The highest BCUT2D eigenvalue weighted by molar-refractivity contribution is 7.80. The summed E-state index contributed by atoms with van der Waals surface area (Å²) in [4.78, 5) is 0. The zero-order chi connectivity index (χ0) is 39.7. The minimum absolute atomic E-state index is 0.0339. The third kappa shape index (κ3) is 7.83. The smallest absolute Gasteiger partial charge is 0.393 e. The molecule has 2 saturated heterocycles. The van der Waals surface area contributed by atoms with E-state index in [0.29, 0.717) is 32.1 Å². The van der Waals surface area contributed by atoms with Crippen LogP contribution in [0.3, 0.4) is 0 Å². The molecular weight excluding hydrogens is 732 g/mol. The van der Waals surface area contributed by atoms with E-state index in [1.807, 2.05) is 32.9 Å². The molecule has 16 nitrogen and oxygen atoms in total. The van der Waals surface area contributed by atoms with Gasteiger partial charge in [0.25, 0.3) is 0 Å². The minimum Gasteiger partial charge on any atom is -0.393 e. The summed E-state index contributed by atoms with van der Waals surface area (Å²) in [5.74, 6) is -1.12.